The number of hydrogen-bond acceptors (Lipinski definition) is 1. The smallest absolute Gasteiger partial charge is 0.107 e. The van der Waals surface area contributed by atoms with Gasteiger partial charge >= 0.3 is 0 Å². The van der Waals surface area contributed by atoms with E-state index in [4.69, 9.17) is 4.42 Å². The minimum atomic E-state index is 0.463. The second-order valence-corrected chi connectivity index (χ2v) is 6.64. The van der Waals surface area contributed by atoms with Crippen molar-refractivity contribution in [2.75, 3.05) is 0 Å². The molecule has 0 fully saturated rings. The van der Waals surface area contributed by atoms with Gasteiger partial charge in [-0.25, -0.2) is 0 Å². The highest BCUT2D eigenvalue weighted by Gasteiger charge is 2.16. The van der Waals surface area contributed by atoms with E-state index >= 15 is 0 Å². The topological polar surface area (TPSA) is 13.1 Å². The van der Waals surface area contributed by atoms with Crippen molar-refractivity contribution in [1.82, 2.24) is 0 Å². The van der Waals surface area contributed by atoms with Gasteiger partial charge in [0.1, 0.15) is 5.76 Å². The molecule has 0 spiro atoms. The fourth-order valence-corrected chi connectivity index (χ4v) is 3.39. The largest absolute Gasteiger partial charge is 0.469 e. The lowest BCUT2D eigenvalue weighted by Gasteiger charge is -2.17. The number of furan rings is 1. The molecular weight excluding hydrogens is 292 g/mol. The second kappa shape index (κ2) is 8.54. The van der Waals surface area contributed by atoms with Gasteiger partial charge in [0, 0.05) is 5.92 Å². The van der Waals surface area contributed by atoms with E-state index in [9.17, 15) is 0 Å². The Bertz CT molecular complexity index is 685. The standard InChI is InChI=1S/C23H26O/c1-19(21-13-6-3-7-14-21)10-8-15-22(23-16-9-17-24-23)18-20-11-4-2-5-12-20/h2-7,9,11-14,16-17,19,22H,8,10,15,18H2,1H3. The maximum Gasteiger partial charge on any atom is 0.107 e. The van der Waals surface area contributed by atoms with Gasteiger partial charge in [-0.1, -0.05) is 74.0 Å². The van der Waals surface area contributed by atoms with Gasteiger partial charge in [0.2, 0.25) is 0 Å². The van der Waals surface area contributed by atoms with Gasteiger partial charge in [-0.05, 0) is 48.4 Å². The Balaban J connectivity index is 1.58. The van der Waals surface area contributed by atoms with Gasteiger partial charge in [0.15, 0.2) is 0 Å². The zero-order valence-corrected chi connectivity index (χ0v) is 14.4. The van der Waals surface area contributed by atoms with E-state index in [2.05, 4.69) is 73.7 Å². The third kappa shape index (κ3) is 4.61. The molecule has 0 amide bonds. The summed E-state index contributed by atoms with van der Waals surface area (Å²) in [7, 11) is 0. The number of hydrogen-bond donors (Lipinski definition) is 0. The van der Waals surface area contributed by atoms with E-state index in [-0.39, 0.29) is 0 Å². The third-order valence-electron chi connectivity index (χ3n) is 4.83. The van der Waals surface area contributed by atoms with Crippen LogP contribution in [0, 0.1) is 0 Å². The highest BCUT2D eigenvalue weighted by molar-refractivity contribution is 5.20. The van der Waals surface area contributed by atoms with Crippen LogP contribution in [0.3, 0.4) is 0 Å². The molecule has 0 N–H and O–H groups in total. The van der Waals surface area contributed by atoms with Gasteiger partial charge in [-0.3, -0.25) is 0 Å². The molecule has 1 nitrogen and oxygen atoms in total. The molecule has 3 rings (SSSR count). The van der Waals surface area contributed by atoms with E-state index in [1.807, 2.05) is 6.07 Å². The quantitative estimate of drug-likeness (QED) is 0.457. The van der Waals surface area contributed by atoms with Crippen LogP contribution in [0.5, 0.6) is 0 Å². The fraction of sp³-hybridized carbons (Fsp3) is 0.304. The molecule has 2 atom stereocenters. The van der Waals surface area contributed by atoms with Crippen LogP contribution in [0.1, 0.15) is 54.9 Å². The average Bonchev–Trinajstić information content (AvgIpc) is 3.17. The monoisotopic (exact) mass is 318 g/mol. The van der Waals surface area contributed by atoms with Crippen molar-refractivity contribution in [1.29, 1.82) is 0 Å². The van der Waals surface area contributed by atoms with Crippen LogP contribution in [0.4, 0.5) is 0 Å². The van der Waals surface area contributed by atoms with E-state index in [1.54, 1.807) is 6.26 Å². The van der Waals surface area contributed by atoms with Crippen molar-refractivity contribution < 1.29 is 4.42 Å². The van der Waals surface area contributed by atoms with Crippen LogP contribution in [-0.2, 0) is 6.42 Å². The summed E-state index contributed by atoms with van der Waals surface area (Å²) in [5.74, 6) is 2.19. The lowest BCUT2D eigenvalue weighted by molar-refractivity contribution is 0.429. The first kappa shape index (κ1) is 16.6. The van der Waals surface area contributed by atoms with Crippen LogP contribution < -0.4 is 0 Å². The third-order valence-corrected chi connectivity index (χ3v) is 4.83. The van der Waals surface area contributed by atoms with E-state index < -0.39 is 0 Å². The van der Waals surface area contributed by atoms with Crippen molar-refractivity contribution in [2.45, 2.75) is 44.4 Å². The SMILES string of the molecule is CC(CCCC(Cc1ccccc1)c1ccco1)c1ccccc1. The molecule has 3 aromatic rings. The highest BCUT2D eigenvalue weighted by atomic mass is 16.3. The van der Waals surface area contributed by atoms with Crippen LogP contribution in [-0.4, -0.2) is 0 Å². The van der Waals surface area contributed by atoms with Crippen molar-refractivity contribution in [3.8, 4) is 0 Å². The molecule has 0 aliphatic carbocycles. The summed E-state index contributed by atoms with van der Waals surface area (Å²) in [4.78, 5) is 0. The van der Waals surface area contributed by atoms with Gasteiger partial charge in [-0.2, -0.15) is 0 Å². The number of benzene rings is 2. The zero-order valence-electron chi connectivity index (χ0n) is 14.4. The lowest BCUT2D eigenvalue weighted by Crippen LogP contribution is -2.03. The Morgan fingerprint density at radius 2 is 1.50 bits per heavy atom. The Labute approximate surface area is 145 Å². The van der Waals surface area contributed by atoms with E-state index in [1.165, 1.54) is 30.4 Å². The molecule has 2 aromatic carbocycles. The van der Waals surface area contributed by atoms with Crippen LogP contribution >= 0.6 is 0 Å². The van der Waals surface area contributed by atoms with Crippen molar-refractivity contribution in [3.63, 3.8) is 0 Å². The van der Waals surface area contributed by atoms with E-state index in [0.717, 1.165) is 12.2 Å². The van der Waals surface area contributed by atoms with Crippen molar-refractivity contribution in [2.24, 2.45) is 0 Å². The maximum absolute atomic E-state index is 5.71. The Kier molecular flexibility index (Phi) is 5.90. The summed E-state index contributed by atoms with van der Waals surface area (Å²) in [5, 5.41) is 0. The molecule has 0 bridgehead atoms. The van der Waals surface area contributed by atoms with Gasteiger partial charge in [0.25, 0.3) is 0 Å². The number of rotatable bonds is 8. The van der Waals surface area contributed by atoms with Gasteiger partial charge in [-0.15, -0.1) is 0 Å². The molecule has 1 aromatic heterocycles. The molecule has 2 unspecified atom stereocenters. The summed E-state index contributed by atoms with van der Waals surface area (Å²) >= 11 is 0. The summed E-state index contributed by atoms with van der Waals surface area (Å²) in [5.41, 5.74) is 2.82. The molecule has 1 heteroatoms. The average molecular weight is 318 g/mol. The van der Waals surface area contributed by atoms with Crippen LogP contribution in [0.15, 0.2) is 83.5 Å². The van der Waals surface area contributed by atoms with Crippen molar-refractivity contribution >= 4 is 0 Å². The zero-order chi connectivity index (χ0) is 16.6. The van der Waals surface area contributed by atoms with E-state index in [0.29, 0.717) is 11.8 Å². The second-order valence-electron chi connectivity index (χ2n) is 6.64. The lowest BCUT2D eigenvalue weighted by atomic mass is 9.89. The van der Waals surface area contributed by atoms with Crippen molar-refractivity contribution in [3.05, 3.63) is 95.9 Å². The Morgan fingerprint density at radius 1 is 0.792 bits per heavy atom. The minimum absolute atomic E-state index is 0.463. The molecular formula is C23H26O. The molecule has 0 saturated heterocycles. The van der Waals surface area contributed by atoms with Gasteiger partial charge < -0.3 is 4.42 Å². The highest BCUT2D eigenvalue weighted by Crippen LogP contribution is 2.29. The molecule has 0 aliphatic rings. The Morgan fingerprint density at radius 3 is 2.17 bits per heavy atom. The first-order chi connectivity index (χ1) is 11.8. The molecule has 1 heterocycles. The maximum atomic E-state index is 5.71. The molecule has 0 radical (unpaired) electrons. The molecule has 124 valence electrons. The summed E-state index contributed by atoms with van der Waals surface area (Å²) < 4.78 is 5.71. The molecule has 24 heavy (non-hydrogen) atoms. The van der Waals surface area contributed by atoms with Crippen LogP contribution in [0.25, 0.3) is 0 Å². The first-order valence-electron chi connectivity index (χ1n) is 8.95. The minimum Gasteiger partial charge on any atom is -0.469 e. The summed E-state index contributed by atoms with van der Waals surface area (Å²) in [6.45, 7) is 2.33. The Hall–Kier alpha value is -2.28. The fourth-order valence-electron chi connectivity index (χ4n) is 3.39. The molecule has 0 saturated carbocycles. The summed E-state index contributed by atoms with van der Waals surface area (Å²) in [6.07, 6.45) is 6.44. The van der Waals surface area contributed by atoms with Crippen LogP contribution in [0.2, 0.25) is 0 Å². The van der Waals surface area contributed by atoms with Gasteiger partial charge in [0.05, 0.1) is 6.26 Å². The first-order valence-corrected chi connectivity index (χ1v) is 8.95. The molecule has 0 aliphatic heterocycles. The predicted octanol–water partition coefficient (Wildman–Crippen LogP) is 6.58. The predicted molar refractivity (Wildman–Crippen MR) is 100 cm³/mol. The summed E-state index contributed by atoms with van der Waals surface area (Å²) in [6, 6.07) is 25.7. The normalized spacial score (nSPS) is 13.5.